The highest BCUT2D eigenvalue weighted by Crippen LogP contribution is 2.19. The zero-order valence-corrected chi connectivity index (χ0v) is 12.3. The summed E-state index contributed by atoms with van der Waals surface area (Å²) in [7, 11) is 2.98. The number of ether oxygens (including phenoxy) is 2. The normalized spacial score (nSPS) is 10.0. The van der Waals surface area contributed by atoms with Crippen LogP contribution in [0.1, 0.15) is 21.5 Å². The highest BCUT2D eigenvalue weighted by atomic mass is 16.5. The molecule has 0 atom stereocenters. The first-order valence-electron chi connectivity index (χ1n) is 6.57. The van der Waals surface area contributed by atoms with Crippen LogP contribution in [-0.2, 0) is 6.54 Å². The molecule has 110 valence electrons. The van der Waals surface area contributed by atoms with Gasteiger partial charge in [-0.2, -0.15) is 4.98 Å². The van der Waals surface area contributed by atoms with Crippen molar-refractivity contribution in [1.82, 2.24) is 10.3 Å². The summed E-state index contributed by atoms with van der Waals surface area (Å²) in [6.07, 6.45) is 0. The fraction of sp³-hybridized carbons (Fsp3) is 0.250. The molecule has 0 bridgehead atoms. The van der Waals surface area contributed by atoms with Gasteiger partial charge < -0.3 is 14.8 Å². The summed E-state index contributed by atoms with van der Waals surface area (Å²) in [5, 5.41) is 2.85. The van der Waals surface area contributed by atoms with E-state index in [1.165, 1.54) is 19.8 Å². The molecule has 1 N–H and O–H groups in total. The minimum absolute atomic E-state index is 0.234. The number of hydrogen-bond acceptors (Lipinski definition) is 4. The van der Waals surface area contributed by atoms with Gasteiger partial charge in [0.05, 0.1) is 14.2 Å². The summed E-state index contributed by atoms with van der Waals surface area (Å²) in [4.78, 5) is 16.3. The molecule has 1 heterocycles. The summed E-state index contributed by atoms with van der Waals surface area (Å²) in [5.41, 5.74) is 2.60. The summed E-state index contributed by atoms with van der Waals surface area (Å²) in [5.74, 6) is 0.417. The van der Waals surface area contributed by atoms with Crippen molar-refractivity contribution in [2.45, 2.75) is 13.5 Å². The monoisotopic (exact) mass is 286 g/mol. The van der Waals surface area contributed by atoms with Gasteiger partial charge in [-0.05, 0) is 18.6 Å². The molecule has 1 amide bonds. The van der Waals surface area contributed by atoms with Crippen molar-refractivity contribution in [3.05, 3.63) is 53.1 Å². The van der Waals surface area contributed by atoms with Gasteiger partial charge in [0.15, 0.2) is 0 Å². The molecule has 0 saturated heterocycles. The SMILES string of the molecule is COc1ccc(C(=O)NCc2ccc(C)cc2)c(OC)n1. The van der Waals surface area contributed by atoms with Crippen LogP contribution in [0.5, 0.6) is 11.8 Å². The van der Waals surface area contributed by atoms with E-state index in [9.17, 15) is 4.79 Å². The lowest BCUT2D eigenvalue weighted by atomic mass is 10.1. The highest BCUT2D eigenvalue weighted by molar-refractivity contribution is 5.96. The third kappa shape index (κ3) is 3.72. The van der Waals surface area contributed by atoms with E-state index in [4.69, 9.17) is 9.47 Å². The van der Waals surface area contributed by atoms with Gasteiger partial charge in [0.1, 0.15) is 5.56 Å². The smallest absolute Gasteiger partial charge is 0.257 e. The van der Waals surface area contributed by atoms with Gasteiger partial charge in [0.25, 0.3) is 5.91 Å². The quantitative estimate of drug-likeness (QED) is 0.916. The Hall–Kier alpha value is -2.56. The molecule has 0 radical (unpaired) electrons. The van der Waals surface area contributed by atoms with Crippen molar-refractivity contribution in [2.75, 3.05) is 14.2 Å². The number of nitrogens with zero attached hydrogens (tertiary/aromatic N) is 1. The Kier molecular flexibility index (Phi) is 4.77. The van der Waals surface area contributed by atoms with Crippen LogP contribution >= 0.6 is 0 Å². The molecule has 0 saturated carbocycles. The first-order valence-corrected chi connectivity index (χ1v) is 6.57. The van der Waals surface area contributed by atoms with Gasteiger partial charge in [-0.15, -0.1) is 0 Å². The fourth-order valence-corrected chi connectivity index (χ4v) is 1.85. The molecule has 0 aliphatic carbocycles. The molecular formula is C16H18N2O3. The molecular weight excluding hydrogens is 268 g/mol. The number of carbonyl (C=O) groups excluding carboxylic acids is 1. The van der Waals surface area contributed by atoms with Crippen LogP contribution in [0.15, 0.2) is 36.4 Å². The van der Waals surface area contributed by atoms with Crippen LogP contribution in [0.25, 0.3) is 0 Å². The Morgan fingerprint density at radius 1 is 1.10 bits per heavy atom. The molecule has 0 aliphatic heterocycles. The maximum absolute atomic E-state index is 12.2. The van der Waals surface area contributed by atoms with Crippen LogP contribution in [0, 0.1) is 6.92 Å². The predicted octanol–water partition coefficient (Wildman–Crippen LogP) is 2.34. The lowest BCUT2D eigenvalue weighted by molar-refractivity contribution is 0.0947. The molecule has 1 aromatic heterocycles. The molecule has 2 rings (SSSR count). The van der Waals surface area contributed by atoms with Gasteiger partial charge in [-0.25, -0.2) is 0 Å². The molecule has 5 nitrogen and oxygen atoms in total. The van der Waals surface area contributed by atoms with Crippen molar-refractivity contribution in [3.63, 3.8) is 0 Å². The molecule has 0 fully saturated rings. The Morgan fingerprint density at radius 3 is 2.43 bits per heavy atom. The van der Waals surface area contributed by atoms with Crippen LogP contribution in [0.4, 0.5) is 0 Å². The number of benzene rings is 1. The molecule has 5 heteroatoms. The summed E-state index contributed by atoms with van der Waals surface area (Å²) < 4.78 is 10.1. The van der Waals surface area contributed by atoms with Gasteiger partial charge in [-0.3, -0.25) is 4.79 Å². The largest absolute Gasteiger partial charge is 0.481 e. The fourth-order valence-electron chi connectivity index (χ4n) is 1.85. The van der Waals surface area contributed by atoms with Crippen LogP contribution < -0.4 is 14.8 Å². The Balaban J connectivity index is 2.07. The van der Waals surface area contributed by atoms with Crippen LogP contribution in [0.3, 0.4) is 0 Å². The van der Waals surface area contributed by atoms with E-state index in [2.05, 4.69) is 10.3 Å². The van der Waals surface area contributed by atoms with Gasteiger partial charge in [0, 0.05) is 12.6 Å². The zero-order chi connectivity index (χ0) is 15.2. The second-order valence-electron chi connectivity index (χ2n) is 4.58. The predicted molar refractivity (Wildman–Crippen MR) is 79.7 cm³/mol. The molecule has 2 aromatic rings. The molecule has 0 spiro atoms. The van der Waals surface area contributed by atoms with E-state index < -0.39 is 0 Å². The number of carbonyl (C=O) groups is 1. The summed E-state index contributed by atoms with van der Waals surface area (Å²) in [6, 6.07) is 11.3. The molecule has 0 unspecified atom stereocenters. The number of aryl methyl sites for hydroxylation is 1. The molecule has 0 aliphatic rings. The third-order valence-electron chi connectivity index (χ3n) is 3.06. The first kappa shape index (κ1) is 14.8. The van der Waals surface area contributed by atoms with Crippen molar-refractivity contribution in [2.24, 2.45) is 0 Å². The first-order chi connectivity index (χ1) is 10.1. The second kappa shape index (κ2) is 6.74. The minimum Gasteiger partial charge on any atom is -0.481 e. The Morgan fingerprint density at radius 2 is 1.81 bits per heavy atom. The number of rotatable bonds is 5. The van der Waals surface area contributed by atoms with Crippen molar-refractivity contribution < 1.29 is 14.3 Å². The van der Waals surface area contributed by atoms with E-state index in [1.54, 1.807) is 12.1 Å². The lowest BCUT2D eigenvalue weighted by Crippen LogP contribution is -2.23. The van der Waals surface area contributed by atoms with Crippen LogP contribution in [0.2, 0.25) is 0 Å². The number of pyridine rings is 1. The number of nitrogens with one attached hydrogen (secondary N) is 1. The van der Waals surface area contributed by atoms with Gasteiger partial charge >= 0.3 is 0 Å². The standard InChI is InChI=1S/C16H18N2O3/c1-11-4-6-12(7-5-11)10-17-15(19)13-8-9-14(20-2)18-16(13)21-3/h4-9H,10H2,1-3H3,(H,17,19). The van der Waals surface area contributed by atoms with E-state index >= 15 is 0 Å². The van der Waals surface area contributed by atoms with Gasteiger partial charge in [-0.1, -0.05) is 29.8 Å². The Labute approximate surface area is 123 Å². The topological polar surface area (TPSA) is 60.5 Å². The second-order valence-corrected chi connectivity index (χ2v) is 4.58. The molecule has 21 heavy (non-hydrogen) atoms. The number of amides is 1. The third-order valence-corrected chi connectivity index (χ3v) is 3.06. The minimum atomic E-state index is -0.234. The van der Waals surface area contributed by atoms with Gasteiger partial charge in [0.2, 0.25) is 11.8 Å². The van der Waals surface area contributed by atoms with Crippen molar-refractivity contribution >= 4 is 5.91 Å². The van der Waals surface area contributed by atoms with Crippen molar-refractivity contribution in [3.8, 4) is 11.8 Å². The lowest BCUT2D eigenvalue weighted by Gasteiger charge is -2.10. The highest BCUT2D eigenvalue weighted by Gasteiger charge is 2.14. The van der Waals surface area contributed by atoms with E-state index in [0.717, 1.165) is 5.56 Å². The average molecular weight is 286 g/mol. The van der Waals surface area contributed by atoms with Crippen molar-refractivity contribution in [1.29, 1.82) is 0 Å². The average Bonchev–Trinajstić information content (AvgIpc) is 2.53. The van der Waals surface area contributed by atoms with E-state index in [-0.39, 0.29) is 11.8 Å². The number of aromatic nitrogens is 1. The Bertz CT molecular complexity index is 624. The van der Waals surface area contributed by atoms with Crippen LogP contribution in [-0.4, -0.2) is 25.1 Å². The maximum Gasteiger partial charge on any atom is 0.257 e. The summed E-state index contributed by atoms with van der Waals surface area (Å²) >= 11 is 0. The van der Waals surface area contributed by atoms with E-state index in [1.807, 2.05) is 31.2 Å². The molecule has 1 aromatic carbocycles. The summed E-state index contributed by atoms with van der Waals surface area (Å²) in [6.45, 7) is 2.48. The zero-order valence-electron chi connectivity index (χ0n) is 12.3. The number of methoxy groups -OCH3 is 2. The van der Waals surface area contributed by atoms with E-state index in [0.29, 0.717) is 18.0 Å². The maximum atomic E-state index is 12.2. The number of hydrogen-bond donors (Lipinski definition) is 1.